The van der Waals surface area contributed by atoms with Gasteiger partial charge in [0.15, 0.2) is 5.78 Å². The first-order valence-electron chi connectivity index (χ1n) is 5.29. The molecule has 0 spiro atoms. The van der Waals surface area contributed by atoms with Gasteiger partial charge < -0.3 is 0 Å². The summed E-state index contributed by atoms with van der Waals surface area (Å²) < 4.78 is 26.9. The Labute approximate surface area is 112 Å². The van der Waals surface area contributed by atoms with Gasteiger partial charge in [-0.1, -0.05) is 18.2 Å². The van der Waals surface area contributed by atoms with E-state index in [0.717, 1.165) is 0 Å². The molecule has 2 rings (SSSR count). The first-order chi connectivity index (χ1) is 8.58. The minimum absolute atomic E-state index is 0.00163. The lowest BCUT2D eigenvalue weighted by Crippen LogP contribution is -2.07. The van der Waals surface area contributed by atoms with E-state index in [1.807, 2.05) is 0 Å². The monoisotopic (exact) mass is 310 g/mol. The number of halogens is 3. The van der Waals surface area contributed by atoms with Crippen LogP contribution in [0.15, 0.2) is 46.9 Å². The van der Waals surface area contributed by atoms with Gasteiger partial charge in [0.05, 0.1) is 5.56 Å². The van der Waals surface area contributed by atoms with Gasteiger partial charge in [0.25, 0.3) is 0 Å². The second-order valence-electron chi connectivity index (χ2n) is 3.83. The third-order valence-corrected chi connectivity index (χ3v) is 3.16. The Bertz CT molecular complexity index is 576. The lowest BCUT2D eigenvalue weighted by Gasteiger charge is -2.05. The van der Waals surface area contributed by atoms with E-state index >= 15 is 0 Å². The summed E-state index contributed by atoms with van der Waals surface area (Å²) >= 11 is 3.14. The van der Waals surface area contributed by atoms with Crippen LogP contribution in [0.4, 0.5) is 8.78 Å². The first-order valence-corrected chi connectivity index (χ1v) is 6.09. The summed E-state index contributed by atoms with van der Waals surface area (Å²) in [6.45, 7) is 0. The van der Waals surface area contributed by atoms with Gasteiger partial charge >= 0.3 is 0 Å². The maximum atomic E-state index is 13.6. The highest BCUT2D eigenvalue weighted by Gasteiger charge is 2.15. The van der Waals surface area contributed by atoms with Gasteiger partial charge in [0.1, 0.15) is 11.6 Å². The van der Waals surface area contributed by atoms with Crippen molar-refractivity contribution in [3.8, 4) is 0 Å². The third-order valence-electron chi connectivity index (χ3n) is 2.50. The molecule has 0 atom stereocenters. The minimum atomic E-state index is -0.578. The fraction of sp³-hybridized carbons (Fsp3) is 0.0714. The Morgan fingerprint density at radius 1 is 1.11 bits per heavy atom. The van der Waals surface area contributed by atoms with E-state index in [9.17, 15) is 13.6 Å². The van der Waals surface area contributed by atoms with Gasteiger partial charge in [0.2, 0.25) is 0 Å². The largest absolute Gasteiger partial charge is 0.294 e. The van der Waals surface area contributed by atoms with Crippen LogP contribution in [0.2, 0.25) is 0 Å². The predicted octanol–water partition coefficient (Wildman–Crippen LogP) is 4.15. The van der Waals surface area contributed by atoms with Crippen molar-refractivity contribution < 1.29 is 13.6 Å². The Hall–Kier alpha value is -1.55. The SMILES string of the molecule is O=C(Cc1cccc(F)c1)c1c(F)cccc1Br. The van der Waals surface area contributed by atoms with Crippen LogP contribution >= 0.6 is 15.9 Å². The lowest BCUT2D eigenvalue weighted by atomic mass is 10.0. The first kappa shape index (κ1) is 12.9. The van der Waals surface area contributed by atoms with Crippen molar-refractivity contribution in [2.24, 2.45) is 0 Å². The van der Waals surface area contributed by atoms with Gasteiger partial charge in [-0.05, 0) is 45.8 Å². The molecule has 1 nitrogen and oxygen atoms in total. The average molecular weight is 311 g/mol. The molecule has 0 amide bonds. The van der Waals surface area contributed by atoms with Crippen molar-refractivity contribution in [1.29, 1.82) is 0 Å². The smallest absolute Gasteiger partial charge is 0.171 e. The molecular formula is C14H9BrF2O. The molecule has 2 aromatic rings. The molecule has 0 saturated heterocycles. The van der Waals surface area contributed by atoms with Crippen LogP contribution in [0.1, 0.15) is 15.9 Å². The van der Waals surface area contributed by atoms with Crippen molar-refractivity contribution >= 4 is 21.7 Å². The summed E-state index contributed by atoms with van der Waals surface area (Å²) in [5.41, 5.74) is 0.525. The number of Topliss-reactive ketones (excluding diaryl/α,β-unsaturated/α-hetero) is 1. The zero-order chi connectivity index (χ0) is 13.1. The molecule has 0 aliphatic heterocycles. The number of rotatable bonds is 3. The molecule has 92 valence electrons. The van der Waals surface area contributed by atoms with E-state index in [4.69, 9.17) is 0 Å². The average Bonchev–Trinajstić information content (AvgIpc) is 2.28. The standard InChI is InChI=1S/C14H9BrF2O/c15-11-5-2-6-12(17)14(11)13(18)8-9-3-1-4-10(16)7-9/h1-7H,8H2. The fourth-order valence-corrected chi connectivity index (χ4v) is 2.25. The molecular weight excluding hydrogens is 302 g/mol. The lowest BCUT2D eigenvalue weighted by molar-refractivity contribution is 0.0988. The zero-order valence-electron chi connectivity index (χ0n) is 9.29. The maximum absolute atomic E-state index is 13.6. The Kier molecular flexibility index (Phi) is 3.87. The number of benzene rings is 2. The van der Waals surface area contributed by atoms with E-state index in [2.05, 4.69) is 15.9 Å². The van der Waals surface area contributed by atoms with Crippen LogP contribution < -0.4 is 0 Å². The molecule has 0 saturated carbocycles. The van der Waals surface area contributed by atoms with Crippen LogP contribution in [0.25, 0.3) is 0 Å². The number of ketones is 1. The number of hydrogen-bond acceptors (Lipinski definition) is 1. The van der Waals surface area contributed by atoms with Crippen LogP contribution in [-0.2, 0) is 6.42 Å². The highest BCUT2D eigenvalue weighted by molar-refractivity contribution is 9.10. The van der Waals surface area contributed by atoms with Gasteiger partial charge in [-0.15, -0.1) is 0 Å². The number of carbonyl (C=O) groups is 1. The summed E-state index contributed by atoms with van der Waals surface area (Å²) in [5.74, 6) is -1.37. The van der Waals surface area contributed by atoms with Gasteiger partial charge in [-0.25, -0.2) is 8.78 Å². The van der Waals surface area contributed by atoms with Crippen molar-refractivity contribution in [2.75, 3.05) is 0 Å². The Balaban J connectivity index is 2.28. The molecule has 0 unspecified atom stereocenters. The number of carbonyl (C=O) groups excluding carboxylic acids is 1. The van der Waals surface area contributed by atoms with Crippen molar-refractivity contribution in [2.45, 2.75) is 6.42 Å². The summed E-state index contributed by atoms with van der Waals surface area (Å²) in [6.07, 6.45) is -0.0305. The van der Waals surface area contributed by atoms with E-state index in [1.165, 1.54) is 30.3 Å². The van der Waals surface area contributed by atoms with Crippen LogP contribution in [0, 0.1) is 11.6 Å². The van der Waals surface area contributed by atoms with E-state index in [-0.39, 0.29) is 17.8 Å². The van der Waals surface area contributed by atoms with Gasteiger partial charge in [0, 0.05) is 10.9 Å². The van der Waals surface area contributed by atoms with E-state index in [0.29, 0.717) is 10.0 Å². The number of hydrogen-bond donors (Lipinski definition) is 0. The summed E-state index contributed by atoms with van der Waals surface area (Å²) in [7, 11) is 0. The second-order valence-corrected chi connectivity index (χ2v) is 4.68. The molecule has 0 radical (unpaired) electrons. The maximum Gasteiger partial charge on any atom is 0.171 e. The van der Waals surface area contributed by atoms with Crippen molar-refractivity contribution in [3.63, 3.8) is 0 Å². The Morgan fingerprint density at radius 3 is 2.50 bits per heavy atom. The van der Waals surface area contributed by atoms with E-state index in [1.54, 1.807) is 12.1 Å². The molecule has 0 bridgehead atoms. The zero-order valence-corrected chi connectivity index (χ0v) is 10.9. The summed E-state index contributed by atoms with van der Waals surface area (Å²) in [5, 5.41) is 0. The summed E-state index contributed by atoms with van der Waals surface area (Å²) in [4.78, 5) is 12.0. The predicted molar refractivity (Wildman–Crippen MR) is 68.5 cm³/mol. The molecule has 0 aliphatic carbocycles. The quantitative estimate of drug-likeness (QED) is 0.778. The van der Waals surface area contributed by atoms with Crippen LogP contribution in [0.5, 0.6) is 0 Å². The third kappa shape index (κ3) is 2.82. The molecule has 4 heteroatoms. The van der Waals surface area contributed by atoms with Crippen LogP contribution in [0.3, 0.4) is 0 Å². The molecule has 0 aliphatic rings. The van der Waals surface area contributed by atoms with E-state index < -0.39 is 11.6 Å². The fourth-order valence-electron chi connectivity index (χ4n) is 1.68. The summed E-state index contributed by atoms with van der Waals surface area (Å²) in [6, 6.07) is 10.1. The molecule has 0 N–H and O–H groups in total. The van der Waals surface area contributed by atoms with Crippen LogP contribution in [-0.4, -0.2) is 5.78 Å². The molecule has 0 fully saturated rings. The Morgan fingerprint density at radius 2 is 1.83 bits per heavy atom. The minimum Gasteiger partial charge on any atom is -0.294 e. The normalized spacial score (nSPS) is 10.4. The topological polar surface area (TPSA) is 17.1 Å². The second kappa shape index (κ2) is 5.40. The van der Waals surface area contributed by atoms with Gasteiger partial charge in [-0.3, -0.25) is 4.79 Å². The molecule has 2 aromatic carbocycles. The van der Waals surface area contributed by atoms with Gasteiger partial charge in [-0.2, -0.15) is 0 Å². The highest BCUT2D eigenvalue weighted by Crippen LogP contribution is 2.21. The molecule has 0 aromatic heterocycles. The highest BCUT2D eigenvalue weighted by atomic mass is 79.9. The molecule has 0 heterocycles. The van der Waals surface area contributed by atoms with Crippen molar-refractivity contribution in [1.82, 2.24) is 0 Å². The van der Waals surface area contributed by atoms with Crippen molar-refractivity contribution in [3.05, 3.63) is 69.7 Å². The molecule has 18 heavy (non-hydrogen) atoms.